The number of carbonyl (C=O) groups excluding carboxylic acids is 2. The van der Waals surface area contributed by atoms with E-state index in [1.165, 1.54) is 0 Å². The molecule has 0 radical (unpaired) electrons. The van der Waals surface area contributed by atoms with Gasteiger partial charge in [0.15, 0.2) is 0 Å². The first kappa shape index (κ1) is 24.7. The number of nitrogens with zero attached hydrogens (tertiary/aromatic N) is 1. The molecule has 0 saturated heterocycles. The van der Waals surface area contributed by atoms with Crippen molar-refractivity contribution in [2.75, 3.05) is 13.2 Å². The van der Waals surface area contributed by atoms with Crippen LogP contribution in [0.25, 0.3) is 0 Å². The van der Waals surface area contributed by atoms with Crippen LogP contribution in [0.15, 0.2) is 48.5 Å². The second-order valence-corrected chi connectivity index (χ2v) is 8.17. The summed E-state index contributed by atoms with van der Waals surface area (Å²) >= 11 is 5.88. The van der Waals surface area contributed by atoms with Crippen LogP contribution in [0.4, 0.5) is 0 Å². The Morgan fingerprint density at radius 3 is 2.55 bits per heavy atom. The van der Waals surface area contributed by atoms with Gasteiger partial charge in [0.2, 0.25) is 11.8 Å². The van der Waals surface area contributed by atoms with Crippen molar-refractivity contribution < 1.29 is 14.3 Å². The Morgan fingerprint density at radius 2 is 1.87 bits per heavy atom. The fourth-order valence-corrected chi connectivity index (χ4v) is 3.34. The zero-order chi connectivity index (χ0) is 22.6. The molecular weight excluding hydrogens is 412 g/mol. The number of hydrogen-bond acceptors (Lipinski definition) is 3. The molecule has 0 saturated carbocycles. The predicted octanol–water partition coefficient (Wildman–Crippen LogP) is 5.14. The van der Waals surface area contributed by atoms with Gasteiger partial charge in [-0.25, -0.2) is 0 Å². The van der Waals surface area contributed by atoms with E-state index in [-0.39, 0.29) is 11.8 Å². The Kier molecular flexibility index (Phi) is 10.4. The van der Waals surface area contributed by atoms with E-state index in [0.717, 1.165) is 29.7 Å². The van der Waals surface area contributed by atoms with Gasteiger partial charge in [0.05, 0.1) is 6.61 Å². The van der Waals surface area contributed by atoms with Gasteiger partial charge >= 0.3 is 0 Å². The molecule has 0 heterocycles. The third kappa shape index (κ3) is 8.62. The van der Waals surface area contributed by atoms with E-state index >= 15 is 0 Å². The van der Waals surface area contributed by atoms with Crippen LogP contribution in [0, 0.1) is 6.92 Å². The minimum atomic E-state index is -0.540. The van der Waals surface area contributed by atoms with E-state index in [1.54, 1.807) is 36.1 Å². The molecule has 0 aromatic heterocycles. The second-order valence-electron chi connectivity index (χ2n) is 7.74. The standard InChI is InChI=1S/C25H33ClN2O3/c1-4-5-15-27-25(30)20(3)28(18-21-9-6-8-19(2)17-21)24(29)10-7-16-31-23-13-11-22(26)12-14-23/h6,8-9,11-14,17,20H,4-5,7,10,15-16,18H2,1-3H3,(H,27,30). The molecule has 0 aliphatic heterocycles. The zero-order valence-electron chi connectivity index (χ0n) is 18.7. The minimum Gasteiger partial charge on any atom is -0.494 e. The summed E-state index contributed by atoms with van der Waals surface area (Å²) in [5.41, 5.74) is 2.14. The van der Waals surface area contributed by atoms with E-state index < -0.39 is 6.04 Å². The normalized spacial score (nSPS) is 11.6. The Morgan fingerprint density at radius 1 is 1.13 bits per heavy atom. The molecule has 5 nitrogen and oxygen atoms in total. The number of hydrogen-bond donors (Lipinski definition) is 1. The Labute approximate surface area is 190 Å². The first-order valence-electron chi connectivity index (χ1n) is 10.9. The fourth-order valence-electron chi connectivity index (χ4n) is 3.21. The lowest BCUT2D eigenvalue weighted by molar-refractivity contribution is -0.140. The predicted molar refractivity (Wildman–Crippen MR) is 125 cm³/mol. The summed E-state index contributed by atoms with van der Waals surface area (Å²) in [7, 11) is 0. The summed E-state index contributed by atoms with van der Waals surface area (Å²) in [5, 5.41) is 3.59. The SMILES string of the molecule is CCCCNC(=O)C(C)N(Cc1cccc(C)c1)C(=O)CCCOc1ccc(Cl)cc1. The van der Waals surface area contributed by atoms with Crippen LogP contribution in [-0.2, 0) is 16.1 Å². The molecule has 0 spiro atoms. The van der Waals surface area contributed by atoms with Gasteiger partial charge in [-0.15, -0.1) is 0 Å². The number of nitrogens with one attached hydrogen (secondary N) is 1. The van der Waals surface area contributed by atoms with Crippen LogP contribution in [0.3, 0.4) is 0 Å². The molecule has 1 unspecified atom stereocenters. The largest absolute Gasteiger partial charge is 0.494 e. The van der Waals surface area contributed by atoms with Crippen molar-refractivity contribution in [3.8, 4) is 5.75 Å². The van der Waals surface area contributed by atoms with Crippen LogP contribution >= 0.6 is 11.6 Å². The molecule has 0 aliphatic carbocycles. The topological polar surface area (TPSA) is 58.6 Å². The summed E-state index contributed by atoms with van der Waals surface area (Å²) in [6, 6.07) is 14.6. The molecule has 1 atom stereocenters. The van der Waals surface area contributed by atoms with Crippen LogP contribution in [0.5, 0.6) is 5.75 Å². The second kappa shape index (κ2) is 13.0. The molecule has 2 amide bonds. The highest BCUT2D eigenvalue weighted by atomic mass is 35.5. The zero-order valence-corrected chi connectivity index (χ0v) is 19.5. The lowest BCUT2D eigenvalue weighted by Crippen LogP contribution is -2.47. The van der Waals surface area contributed by atoms with Crippen molar-refractivity contribution in [1.82, 2.24) is 10.2 Å². The lowest BCUT2D eigenvalue weighted by Gasteiger charge is -2.29. The quantitative estimate of drug-likeness (QED) is 0.461. The molecule has 2 aromatic carbocycles. The van der Waals surface area contributed by atoms with E-state index in [1.807, 2.05) is 31.2 Å². The molecule has 2 aromatic rings. The summed E-state index contributed by atoms with van der Waals surface area (Å²) in [5.74, 6) is 0.545. The Hall–Kier alpha value is -2.53. The maximum atomic E-state index is 13.0. The van der Waals surface area contributed by atoms with Gasteiger partial charge in [-0.3, -0.25) is 9.59 Å². The first-order valence-corrected chi connectivity index (χ1v) is 11.3. The average molecular weight is 445 g/mol. The van der Waals surface area contributed by atoms with Crippen molar-refractivity contribution in [2.45, 2.75) is 59.0 Å². The summed E-state index contributed by atoms with van der Waals surface area (Å²) in [6.07, 6.45) is 2.81. The number of ether oxygens (including phenoxy) is 1. The minimum absolute atomic E-state index is 0.0562. The van der Waals surface area contributed by atoms with Crippen molar-refractivity contribution >= 4 is 23.4 Å². The number of unbranched alkanes of at least 4 members (excludes halogenated alkanes) is 1. The molecule has 0 aliphatic rings. The first-order chi connectivity index (χ1) is 14.9. The molecule has 0 bridgehead atoms. The number of halogens is 1. The monoisotopic (exact) mass is 444 g/mol. The highest BCUT2D eigenvalue weighted by molar-refractivity contribution is 6.30. The van der Waals surface area contributed by atoms with Crippen molar-refractivity contribution in [2.24, 2.45) is 0 Å². The van der Waals surface area contributed by atoms with Gasteiger partial charge in [-0.05, 0) is 56.5 Å². The Balaban J connectivity index is 1.97. The third-order valence-electron chi connectivity index (χ3n) is 5.05. The summed E-state index contributed by atoms with van der Waals surface area (Å²) < 4.78 is 5.69. The Bertz CT molecular complexity index is 839. The van der Waals surface area contributed by atoms with Crippen LogP contribution < -0.4 is 10.1 Å². The molecule has 1 N–H and O–H groups in total. The van der Waals surface area contributed by atoms with Crippen molar-refractivity contribution in [3.05, 3.63) is 64.7 Å². The maximum Gasteiger partial charge on any atom is 0.242 e. The van der Waals surface area contributed by atoms with Gasteiger partial charge in [0.25, 0.3) is 0 Å². The van der Waals surface area contributed by atoms with E-state index in [0.29, 0.717) is 37.6 Å². The van der Waals surface area contributed by atoms with Gasteiger partial charge in [0.1, 0.15) is 11.8 Å². The molecule has 0 fully saturated rings. The van der Waals surface area contributed by atoms with Gasteiger partial charge in [-0.2, -0.15) is 0 Å². The highest BCUT2D eigenvalue weighted by Crippen LogP contribution is 2.17. The maximum absolute atomic E-state index is 13.0. The van der Waals surface area contributed by atoms with E-state index in [4.69, 9.17) is 16.3 Å². The van der Waals surface area contributed by atoms with Crippen LogP contribution in [0.2, 0.25) is 5.02 Å². The molecule has 31 heavy (non-hydrogen) atoms. The summed E-state index contributed by atoms with van der Waals surface area (Å²) in [6.45, 7) is 7.34. The van der Waals surface area contributed by atoms with Gasteiger partial charge < -0.3 is 15.0 Å². The number of benzene rings is 2. The van der Waals surface area contributed by atoms with Gasteiger partial charge in [-0.1, -0.05) is 54.8 Å². The third-order valence-corrected chi connectivity index (χ3v) is 5.30. The number of carbonyl (C=O) groups is 2. The molecule has 6 heteroatoms. The van der Waals surface area contributed by atoms with Crippen LogP contribution in [0.1, 0.15) is 50.7 Å². The van der Waals surface area contributed by atoms with Crippen LogP contribution in [-0.4, -0.2) is 35.9 Å². The highest BCUT2D eigenvalue weighted by Gasteiger charge is 2.25. The lowest BCUT2D eigenvalue weighted by atomic mass is 10.1. The molecule has 2 rings (SSSR count). The average Bonchev–Trinajstić information content (AvgIpc) is 2.76. The smallest absolute Gasteiger partial charge is 0.242 e. The van der Waals surface area contributed by atoms with E-state index in [2.05, 4.69) is 12.2 Å². The van der Waals surface area contributed by atoms with Gasteiger partial charge in [0, 0.05) is 24.5 Å². The number of amides is 2. The molecule has 168 valence electrons. The van der Waals surface area contributed by atoms with Crippen molar-refractivity contribution in [3.63, 3.8) is 0 Å². The number of rotatable bonds is 12. The number of aryl methyl sites for hydroxylation is 1. The molecular formula is C25H33ClN2O3. The fraction of sp³-hybridized carbons (Fsp3) is 0.440. The van der Waals surface area contributed by atoms with E-state index in [9.17, 15) is 9.59 Å². The van der Waals surface area contributed by atoms with Crippen molar-refractivity contribution in [1.29, 1.82) is 0 Å². The summed E-state index contributed by atoms with van der Waals surface area (Å²) in [4.78, 5) is 27.3.